The van der Waals surface area contributed by atoms with Crippen molar-refractivity contribution in [3.8, 4) is 0 Å². The minimum Gasteiger partial charge on any atom is -0.342 e. The summed E-state index contributed by atoms with van der Waals surface area (Å²) in [6, 6.07) is 2.29. The molecule has 1 aromatic heterocycles. The highest BCUT2D eigenvalue weighted by Gasteiger charge is 2.34. The van der Waals surface area contributed by atoms with Crippen molar-refractivity contribution < 1.29 is 13.2 Å². The van der Waals surface area contributed by atoms with Crippen LogP contribution in [0.2, 0.25) is 5.02 Å². The molecule has 1 heterocycles. The van der Waals surface area contributed by atoms with E-state index in [1.165, 1.54) is 6.07 Å². The predicted octanol–water partition coefficient (Wildman–Crippen LogP) is 2.74. The van der Waals surface area contributed by atoms with Crippen LogP contribution in [0.4, 0.5) is 13.2 Å². The topological polar surface area (TPSA) is 54.7 Å². The number of rotatable bonds is 2. The summed E-state index contributed by atoms with van der Waals surface area (Å²) in [6.45, 7) is 0.314. The molecule has 0 aliphatic rings. The summed E-state index contributed by atoms with van der Waals surface area (Å²) in [6.07, 6.45) is -4.08. The number of fused-ring (bicyclic) bond motifs is 1. The monoisotopic (exact) mass is 263 g/mol. The van der Waals surface area contributed by atoms with Gasteiger partial charge in [0.25, 0.3) is 0 Å². The number of aromatic amines is 1. The van der Waals surface area contributed by atoms with Crippen LogP contribution in [0.5, 0.6) is 0 Å². The second-order valence-corrected chi connectivity index (χ2v) is 4.01. The standard InChI is InChI=1S/C10H9ClF3N3/c11-5-3-6(10(12,13)14)9-7(4-5)16-8(17-9)1-2-15/h3-4H,1-2,15H2,(H,16,17). The van der Waals surface area contributed by atoms with E-state index >= 15 is 0 Å². The van der Waals surface area contributed by atoms with Crippen molar-refractivity contribution in [1.29, 1.82) is 0 Å². The average molecular weight is 264 g/mol. The van der Waals surface area contributed by atoms with E-state index < -0.39 is 11.7 Å². The third-order valence-corrected chi connectivity index (χ3v) is 2.51. The Labute approximate surface area is 99.8 Å². The molecule has 7 heteroatoms. The van der Waals surface area contributed by atoms with E-state index in [0.29, 0.717) is 18.8 Å². The Morgan fingerprint density at radius 2 is 2.06 bits per heavy atom. The van der Waals surface area contributed by atoms with Gasteiger partial charge in [-0.3, -0.25) is 0 Å². The van der Waals surface area contributed by atoms with Gasteiger partial charge < -0.3 is 10.7 Å². The van der Waals surface area contributed by atoms with Gasteiger partial charge >= 0.3 is 6.18 Å². The maximum Gasteiger partial charge on any atom is 0.418 e. The van der Waals surface area contributed by atoms with Crippen LogP contribution in [-0.4, -0.2) is 16.5 Å². The minimum atomic E-state index is -4.47. The molecule has 92 valence electrons. The van der Waals surface area contributed by atoms with Gasteiger partial charge in [-0.05, 0) is 18.7 Å². The SMILES string of the molecule is NCCc1nc2c(C(F)(F)F)cc(Cl)cc2[nH]1. The lowest BCUT2D eigenvalue weighted by atomic mass is 10.2. The molecule has 3 nitrogen and oxygen atoms in total. The second-order valence-electron chi connectivity index (χ2n) is 3.57. The predicted molar refractivity (Wildman–Crippen MR) is 58.9 cm³/mol. The number of benzene rings is 1. The van der Waals surface area contributed by atoms with Gasteiger partial charge in [0.2, 0.25) is 0 Å². The Morgan fingerprint density at radius 1 is 1.35 bits per heavy atom. The highest BCUT2D eigenvalue weighted by molar-refractivity contribution is 6.31. The summed E-state index contributed by atoms with van der Waals surface area (Å²) < 4.78 is 38.3. The van der Waals surface area contributed by atoms with Crippen LogP contribution in [0.3, 0.4) is 0 Å². The molecule has 0 spiro atoms. The Hall–Kier alpha value is -1.27. The van der Waals surface area contributed by atoms with Gasteiger partial charge in [-0.1, -0.05) is 11.6 Å². The zero-order chi connectivity index (χ0) is 12.6. The molecule has 0 bridgehead atoms. The normalized spacial score (nSPS) is 12.3. The average Bonchev–Trinajstić information content (AvgIpc) is 2.57. The van der Waals surface area contributed by atoms with Crippen molar-refractivity contribution >= 4 is 22.6 Å². The first-order valence-corrected chi connectivity index (χ1v) is 5.25. The van der Waals surface area contributed by atoms with Crippen molar-refractivity contribution in [3.05, 3.63) is 28.5 Å². The first-order valence-electron chi connectivity index (χ1n) is 4.87. The molecule has 0 aliphatic heterocycles. The summed E-state index contributed by atoms with van der Waals surface area (Å²) in [5.41, 5.74) is 4.65. The molecule has 0 atom stereocenters. The molecule has 0 fully saturated rings. The fourth-order valence-corrected chi connectivity index (χ4v) is 1.82. The van der Waals surface area contributed by atoms with Crippen LogP contribution in [0, 0.1) is 0 Å². The largest absolute Gasteiger partial charge is 0.418 e. The van der Waals surface area contributed by atoms with Gasteiger partial charge in [0.15, 0.2) is 0 Å². The molecule has 1 aromatic carbocycles. The molecule has 0 aliphatic carbocycles. The Morgan fingerprint density at radius 3 is 2.65 bits per heavy atom. The summed E-state index contributed by atoms with van der Waals surface area (Å²) >= 11 is 5.64. The number of hydrogen-bond donors (Lipinski definition) is 2. The molecule has 3 N–H and O–H groups in total. The third kappa shape index (κ3) is 2.37. The van der Waals surface area contributed by atoms with Crippen LogP contribution in [0.15, 0.2) is 12.1 Å². The Bertz CT molecular complexity index is 547. The van der Waals surface area contributed by atoms with E-state index in [-0.39, 0.29) is 16.1 Å². The van der Waals surface area contributed by atoms with Crippen LogP contribution < -0.4 is 5.73 Å². The number of nitrogens with one attached hydrogen (secondary N) is 1. The van der Waals surface area contributed by atoms with Crippen molar-refractivity contribution in [1.82, 2.24) is 9.97 Å². The molecule has 2 aromatic rings. The zero-order valence-corrected chi connectivity index (χ0v) is 9.36. The van der Waals surface area contributed by atoms with Crippen LogP contribution in [0.1, 0.15) is 11.4 Å². The number of nitrogens with zero attached hydrogens (tertiary/aromatic N) is 1. The highest BCUT2D eigenvalue weighted by Crippen LogP contribution is 2.35. The van der Waals surface area contributed by atoms with Gasteiger partial charge in [0.1, 0.15) is 11.3 Å². The molecule has 2 rings (SSSR count). The fraction of sp³-hybridized carbons (Fsp3) is 0.300. The maximum absolute atomic E-state index is 12.8. The van der Waals surface area contributed by atoms with Crippen molar-refractivity contribution in [2.45, 2.75) is 12.6 Å². The molecule has 17 heavy (non-hydrogen) atoms. The first-order chi connectivity index (χ1) is 7.91. The van der Waals surface area contributed by atoms with Crippen LogP contribution >= 0.6 is 11.6 Å². The fourth-order valence-electron chi connectivity index (χ4n) is 1.60. The van der Waals surface area contributed by atoms with E-state index in [2.05, 4.69) is 9.97 Å². The minimum absolute atomic E-state index is 0.0211. The number of hydrogen-bond acceptors (Lipinski definition) is 2. The lowest BCUT2D eigenvalue weighted by Gasteiger charge is -2.07. The van der Waals surface area contributed by atoms with Gasteiger partial charge in [-0.15, -0.1) is 0 Å². The summed E-state index contributed by atoms with van der Waals surface area (Å²) in [5, 5.41) is 0.0211. The van der Waals surface area contributed by atoms with Gasteiger partial charge in [0, 0.05) is 11.4 Å². The van der Waals surface area contributed by atoms with Gasteiger partial charge in [-0.25, -0.2) is 4.98 Å². The Balaban J connectivity index is 2.66. The summed E-state index contributed by atoms with van der Waals surface area (Å²) in [4.78, 5) is 6.67. The molecular formula is C10H9ClF3N3. The second kappa shape index (κ2) is 4.19. The number of alkyl halides is 3. The summed E-state index contributed by atoms with van der Waals surface area (Å²) in [7, 11) is 0. The van der Waals surface area contributed by atoms with E-state index in [1.807, 2.05) is 0 Å². The molecule has 0 saturated heterocycles. The van der Waals surface area contributed by atoms with Gasteiger partial charge in [0.05, 0.1) is 11.1 Å². The maximum atomic E-state index is 12.8. The number of H-pyrrole nitrogens is 1. The quantitative estimate of drug-likeness (QED) is 0.875. The van der Waals surface area contributed by atoms with Crippen LogP contribution in [0.25, 0.3) is 11.0 Å². The van der Waals surface area contributed by atoms with Gasteiger partial charge in [-0.2, -0.15) is 13.2 Å². The van der Waals surface area contributed by atoms with E-state index in [0.717, 1.165) is 6.07 Å². The number of nitrogens with two attached hydrogens (primary N) is 1. The smallest absolute Gasteiger partial charge is 0.342 e. The third-order valence-electron chi connectivity index (χ3n) is 2.29. The lowest BCUT2D eigenvalue weighted by molar-refractivity contribution is -0.136. The lowest BCUT2D eigenvalue weighted by Crippen LogP contribution is -2.06. The number of imidazole rings is 1. The highest BCUT2D eigenvalue weighted by atomic mass is 35.5. The molecule has 0 saturated carbocycles. The van der Waals surface area contributed by atoms with Crippen LogP contribution in [-0.2, 0) is 12.6 Å². The first kappa shape index (κ1) is 12.2. The molecule has 0 amide bonds. The zero-order valence-electron chi connectivity index (χ0n) is 8.61. The summed E-state index contributed by atoms with van der Waals surface area (Å²) in [5.74, 6) is 0.426. The number of aromatic nitrogens is 2. The van der Waals surface area contributed by atoms with Crippen molar-refractivity contribution in [2.75, 3.05) is 6.54 Å². The molecule has 0 unspecified atom stereocenters. The Kier molecular flexibility index (Phi) is 3.01. The van der Waals surface area contributed by atoms with E-state index in [1.54, 1.807) is 0 Å². The van der Waals surface area contributed by atoms with E-state index in [4.69, 9.17) is 17.3 Å². The van der Waals surface area contributed by atoms with Crippen molar-refractivity contribution in [2.24, 2.45) is 5.73 Å². The molecule has 0 radical (unpaired) electrons. The number of halogens is 4. The van der Waals surface area contributed by atoms with E-state index in [9.17, 15) is 13.2 Å². The molecular weight excluding hydrogens is 255 g/mol. The van der Waals surface area contributed by atoms with Crippen molar-refractivity contribution in [3.63, 3.8) is 0 Å².